The number of hydrogen-bond donors (Lipinski definition) is 1. The van der Waals surface area contributed by atoms with E-state index in [4.69, 9.17) is 15.2 Å². The highest BCUT2D eigenvalue weighted by molar-refractivity contribution is 5.79. The van der Waals surface area contributed by atoms with Crippen LogP contribution >= 0.6 is 0 Å². The fourth-order valence-corrected chi connectivity index (χ4v) is 4.77. The lowest BCUT2D eigenvalue weighted by atomic mass is 9.74. The number of piperidine rings is 1. The molecule has 2 heterocycles. The lowest BCUT2D eigenvalue weighted by Crippen LogP contribution is -2.46. The van der Waals surface area contributed by atoms with Crippen LogP contribution in [0.4, 0.5) is 0 Å². The molecule has 164 valence electrons. The maximum Gasteiger partial charge on any atom is 0.226 e. The minimum Gasteiger partial charge on any atom is -0.492 e. The lowest BCUT2D eigenvalue weighted by Gasteiger charge is -2.38. The molecule has 5 nitrogen and oxygen atoms in total. The second-order valence-electron chi connectivity index (χ2n) is 8.72. The molecule has 0 aliphatic carbocycles. The van der Waals surface area contributed by atoms with Crippen molar-refractivity contribution in [1.29, 1.82) is 0 Å². The first-order valence-corrected chi connectivity index (χ1v) is 11.2. The van der Waals surface area contributed by atoms with Gasteiger partial charge >= 0.3 is 0 Å². The number of nitrogens with two attached hydrogens (primary N) is 1. The van der Waals surface area contributed by atoms with Crippen molar-refractivity contribution in [1.82, 2.24) is 4.90 Å². The number of para-hydroxylation sites is 1. The Morgan fingerprint density at radius 1 is 0.938 bits per heavy atom. The number of carbonyl (C=O) groups is 1. The predicted molar refractivity (Wildman–Crippen MR) is 124 cm³/mol. The van der Waals surface area contributed by atoms with Gasteiger partial charge in [0.15, 0.2) is 0 Å². The average Bonchev–Trinajstić information content (AvgIpc) is 3.17. The van der Waals surface area contributed by atoms with Gasteiger partial charge in [0.1, 0.15) is 17.2 Å². The molecule has 0 radical (unpaired) electrons. The maximum atomic E-state index is 13.0. The molecule has 0 aromatic heterocycles. The molecule has 32 heavy (non-hydrogen) atoms. The quantitative estimate of drug-likeness (QED) is 0.653. The zero-order chi connectivity index (χ0) is 22.0. The van der Waals surface area contributed by atoms with Gasteiger partial charge in [0, 0.05) is 30.6 Å². The van der Waals surface area contributed by atoms with Crippen molar-refractivity contribution >= 4 is 5.91 Å². The van der Waals surface area contributed by atoms with Crippen LogP contribution in [0.25, 0.3) is 0 Å². The summed E-state index contributed by atoms with van der Waals surface area (Å²) in [5.74, 6) is 2.66. The van der Waals surface area contributed by atoms with E-state index in [1.807, 2.05) is 71.6 Å². The Labute approximate surface area is 188 Å². The van der Waals surface area contributed by atoms with Crippen LogP contribution in [-0.2, 0) is 23.2 Å². The Morgan fingerprint density at radius 2 is 1.72 bits per heavy atom. The number of likely N-dealkylation sites (tertiary alicyclic amines) is 1. The first-order valence-electron chi connectivity index (χ1n) is 11.2. The van der Waals surface area contributed by atoms with Crippen LogP contribution in [0.15, 0.2) is 72.8 Å². The van der Waals surface area contributed by atoms with Crippen LogP contribution in [0, 0.1) is 0 Å². The number of rotatable bonds is 5. The van der Waals surface area contributed by atoms with Gasteiger partial charge in [0.05, 0.1) is 13.0 Å². The molecule has 5 rings (SSSR count). The number of amides is 1. The molecule has 0 unspecified atom stereocenters. The van der Waals surface area contributed by atoms with Gasteiger partial charge in [-0.25, -0.2) is 0 Å². The van der Waals surface area contributed by atoms with Gasteiger partial charge in [-0.2, -0.15) is 0 Å². The third-order valence-electron chi connectivity index (χ3n) is 6.66. The second-order valence-corrected chi connectivity index (χ2v) is 8.72. The van der Waals surface area contributed by atoms with E-state index in [-0.39, 0.29) is 11.3 Å². The van der Waals surface area contributed by atoms with Gasteiger partial charge in [-0.3, -0.25) is 4.79 Å². The van der Waals surface area contributed by atoms with E-state index < -0.39 is 0 Å². The third-order valence-corrected chi connectivity index (χ3v) is 6.66. The SMILES string of the molecule is NCc1ccc2c(c1)C1(CCN(C(=O)Cc3cccc(Oc4ccccc4)c3)CC1)CO2. The summed E-state index contributed by atoms with van der Waals surface area (Å²) >= 11 is 0. The second kappa shape index (κ2) is 8.67. The Bertz CT molecular complexity index is 1100. The fraction of sp³-hybridized carbons (Fsp3) is 0.296. The van der Waals surface area contributed by atoms with E-state index in [1.165, 1.54) is 5.56 Å². The number of hydrogen-bond acceptors (Lipinski definition) is 4. The highest BCUT2D eigenvalue weighted by Crippen LogP contribution is 2.45. The van der Waals surface area contributed by atoms with E-state index in [2.05, 4.69) is 6.07 Å². The van der Waals surface area contributed by atoms with Crippen molar-refractivity contribution < 1.29 is 14.3 Å². The van der Waals surface area contributed by atoms with Gasteiger partial charge in [-0.15, -0.1) is 0 Å². The largest absolute Gasteiger partial charge is 0.492 e. The van der Waals surface area contributed by atoms with Crippen LogP contribution in [0.3, 0.4) is 0 Å². The monoisotopic (exact) mass is 428 g/mol. The van der Waals surface area contributed by atoms with Gasteiger partial charge in [-0.05, 0) is 54.3 Å². The standard InChI is InChI=1S/C27H28N2O3/c28-18-21-9-10-25-24(16-21)27(19-31-25)11-13-29(14-12-27)26(30)17-20-5-4-8-23(15-20)32-22-6-2-1-3-7-22/h1-10,15-16H,11-14,17-19,28H2. The molecule has 3 aromatic carbocycles. The number of ether oxygens (including phenoxy) is 2. The Balaban J connectivity index is 1.22. The van der Waals surface area contributed by atoms with Crippen molar-refractivity contribution in [2.24, 2.45) is 5.73 Å². The molecular formula is C27H28N2O3. The third kappa shape index (κ3) is 4.08. The molecule has 0 saturated carbocycles. The van der Waals surface area contributed by atoms with Crippen LogP contribution in [0.5, 0.6) is 17.2 Å². The first-order chi connectivity index (χ1) is 15.6. The Morgan fingerprint density at radius 3 is 2.50 bits per heavy atom. The van der Waals surface area contributed by atoms with Gasteiger partial charge in [0.25, 0.3) is 0 Å². The summed E-state index contributed by atoms with van der Waals surface area (Å²) in [4.78, 5) is 15.0. The van der Waals surface area contributed by atoms with E-state index in [1.54, 1.807) is 0 Å². The molecule has 0 bridgehead atoms. The Hall–Kier alpha value is -3.31. The molecule has 3 aromatic rings. The van der Waals surface area contributed by atoms with E-state index >= 15 is 0 Å². The van der Waals surface area contributed by atoms with Crippen LogP contribution < -0.4 is 15.2 Å². The smallest absolute Gasteiger partial charge is 0.226 e. The van der Waals surface area contributed by atoms with E-state index in [0.717, 1.165) is 54.3 Å². The molecule has 1 saturated heterocycles. The highest BCUT2D eigenvalue weighted by Gasteiger charge is 2.43. The normalized spacial score (nSPS) is 16.5. The topological polar surface area (TPSA) is 64.8 Å². The number of benzene rings is 3. The molecule has 5 heteroatoms. The molecule has 2 N–H and O–H groups in total. The molecule has 1 fully saturated rings. The van der Waals surface area contributed by atoms with Crippen molar-refractivity contribution in [3.8, 4) is 17.2 Å². The molecule has 1 amide bonds. The summed E-state index contributed by atoms with van der Waals surface area (Å²) in [6.45, 7) is 2.71. The zero-order valence-electron chi connectivity index (χ0n) is 18.1. The highest BCUT2D eigenvalue weighted by atomic mass is 16.5. The summed E-state index contributed by atoms with van der Waals surface area (Å²) in [7, 11) is 0. The maximum absolute atomic E-state index is 13.0. The van der Waals surface area contributed by atoms with Crippen LogP contribution in [0.2, 0.25) is 0 Å². The molecule has 2 aliphatic heterocycles. The number of fused-ring (bicyclic) bond motifs is 2. The van der Waals surface area contributed by atoms with Gasteiger partial charge in [-0.1, -0.05) is 42.5 Å². The molecule has 2 aliphatic rings. The van der Waals surface area contributed by atoms with Crippen molar-refractivity contribution in [3.05, 3.63) is 89.5 Å². The van der Waals surface area contributed by atoms with Crippen molar-refractivity contribution in [2.45, 2.75) is 31.2 Å². The van der Waals surface area contributed by atoms with Gasteiger partial charge < -0.3 is 20.1 Å². The molecular weight excluding hydrogens is 400 g/mol. The van der Waals surface area contributed by atoms with Crippen LogP contribution in [0.1, 0.15) is 29.5 Å². The summed E-state index contributed by atoms with van der Waals surface area (Å²) < 4.78 is 11.9. The number of carbonyl (C=O) groups excluding carboxylic acids is 1. The Kier molecular flexibility index (Phi) is 5.58. The summed E-state index contributed by atoms with van der Waals surface area (Å²) in [6.07, 6.45) is 2.21. The predicted octanol–water partition coefficient (Wildman–Crippen LogP) is 4.43. The summed E-state index contributed by atoms with van der Waals surface area (Å²) in [6, 6.07) is 23.7. The molecule has 1 spiro atoms. The zero-order valence-corrected chi connectivity index (χ0v) is 18.1. The summed E-state index contributed by atoms with van der Waals surface area (Å²) in [5, 5.41) is 0. The van der Waals surface area contributed by atoms with Crippen LogP contribution in [-0.4, -0.2) is 30.5 Å². The van der Waals surface area contributed by atoms with Gasteiger partial charge in [0.2, 0.25) is 5.91 Å². The summed E-state index contributed by atoms with van der Waals surface area (Å²) in [5.41, 5.74) is 9.20. The number of nitrogens with zero attached hydrogens (tertiary/aromatic N) is 1. The minimum atomic E-state index is 0.000728. The first kappa shape index (κ1) is 20.6. The van der Waals surface area contributed by atoms with Crippen molar-refractivity contribution in [2.75, 3.05) is 19.7 Å². The fourth-order valence-electron chi connectivity index (χ4n) is 4.77. The van der Waals surface area contributed by atoms with E-state index in [9.17, 15) is 4.79 Å². The van der Waals surface area contributed by atoms with E-state index in [0.29, 0.717) is 19.6 Å². The average molecular weight is 429 g/mol. The molecule has 0 atom stereocenters. The minimum absolute atomic E-state index is 0.000728. The van der Waals surface area contributed by atoms with Crippen molar-refractivity contribution in [3.63, 3.8) is 0 Å². The lowest BCUT2D eigenvalue weighted by molar-refractivity contribution is -0.132.